The molecule has 2 aliphatic carbocycles. The molecule has 0 unspecified atom stereocenters. The van der Waals surface area contributed by atoms with Gasteiger partial charge >= 0.3 is 0 Å². The summed E-state index contributed by atoms with van der Waals surface area (Å²) in [4.78, 5) is 10.5. The monoisotopic (exact) mass is 303 g/mol. The summed E-state index contributed by atoms with van der Waals surface area (Å²) in [6.07, 6.45) is 2.34. The number of hydrogen-bond acceptors (Lipinski definition) is 3. The predicted octanol–water partition coefficient (Wildman–Crippen LogP) is 4.19. The van der Waals surface area contributed by atoms with E-state index in [4.69, 9.17) is 0 Å². The number of nitrogens with zero attached hydrogens (tertiary/aromatic N) is 3. The van der Waals surface area contributed by atoms with E-state index < -0.39 is 6.43 Å². The standard InChI is InChI=1S/C17H19F2N3/c18-15(19)16-20-14-4-2-1-3-13(14)17(21-16)22(9-11-5-6-11)10-12-7-8-12/h1-4,11-12,15H,5-10H2. The predicted molar refractivity (Wildman–Crippen MR) is 82.2 cm³/mol. The molecule has 22 heavy (non-hydrogen) atoms. The molecule has 2 aromatic rings. The second-order valence-corrected chi connectivity index (χ2v) is 6.51. The van der Waals surface area contributed by atoms with Crippen LogP contribution in [0, 0.1) is 11.8 Å². The zero-order chi connectivity index (χ0) is 15.1. The summed E-state index contributed by atoms with van der Waals surface area (Å²) < 4.78 is 26.3. The molecule has 0 radical (unpaired) electrons. The lowest BCUT2D eigenvalue weighted by molar-refractivity contribution is 0.141. The maximum Gasteiger partial charge on any atom is 0.297 e. The number of anilines is 1. The van der Waals surface area contributed by atoms with Crippen LogP contribution in [0.5, 0.6) is 0 Å². The summed E-state index contributed by atoms with van der Waals surface area (Å²) in [5.41, 5.74) is 0.611. The van der Waals surface area contributed by atoms with Crippen LogP contribution in [0.15, 0.2) is 24.3 Å². The Balaban J connectivity index is 1.78. The minimum Gasteiger partial charge on any atom is -0.355 e. The van der Waals surface area contributed by atoms with Crippen LogP contribution in [0.1, 0.15) is 37.9 Å². The second-order valence-electron chi connectivity index (χ2n) is 6.51. The minimum absolute atomic E-state index is 0.356. The fraction of sp³-hybridized carbons (Fsp3) is 0.529. The van der Waals surface area contributed by atoms with Crippen molar-refractivity contribution in [3.05, 3.63) is 30.1 Å². The van der Waals surface area contributed by atoms with E-state index in [0.29, 0.717) is 23.2 Å². The van der Waals surface area contributed by atoms with Gasteiger partial charge in [0.2, 0.25) is 0 Å². The van der Waals surface area contributed by atoms with Crippen molar-refractivity contribution < 1.29 is 8.78 Å². The van der Waals surface area contributed by atoms with Gasteiger partial charge in [-0.15, -0.1) is 0 Å². The van der Waals surface area contributed by atoms with Crippen molar-refractivity contribution in [3.63, 3.8) is 0 Å². The van der Waals surface area contributed by atoms with Gasteiger partial charge in [-0.25, -0.2) is 18.7 Å². The molecule has 5 heteroatoms. The lowest BCUT2D eigenvalue weighted by Crippen LogP contribution is -2.29. The van der Waals surface area contributed by atoms with Crippen LogP contribution in [-0.4, -0.2) is 23.1 Å². The van der Waals surface area contributed by atoms with Crippen LogP contribution in [0.2, 0.25) is 0 Å². The first-order chi connectivity index (χ1) is 10.7. The van der Waals surface area contributed by atoms with E-state index in [1.807, 2.05) is 18.2 Å². The average Bonchev–Trinajstić information content (AvgIpc) is 3.41. The van der Waals surface area contributed by atoms with Gasteiger partial charge in [-0.1, -0.05) is 12.1 Å². The van der Waals surface area contributed by atoms with Gasteiger partial charge in [-0.05, 0) is 49.7 Å². The first kappa shape index (κ1) is 13.9. The zero-order valence-electron chi connectivity index (χ0n) is 12.4. The Bertz CT molecular complexity index is 667. The smallest absolute Gasteiger partial charge is 0.297 e. The molecule has 1 aromatic heterocycles. The van der Waals surface area contributed by atoms with Gasteiger partial charge in [0.05, 0.1) is 5.52 Å². The molecular formula is C17H19F2N3. The number of aromatic nitrogens is 2. The molecule has 2 saturated carbocycles. The molecule has 1 heterocycles. The maximum absolute atomic E-state index is 13.1. The van der Waals surface area contributed by atoms with Gasteiger partial charge in [-0.3, -0.25) is 0 Å². The summed E-state index contributed by atoms with van der Waals surface area (Å²) in [5, 5.41) is 0.883. The van der Waals surface area contributed by atoms with Crippen molar-refractivity contribution in [2.75, 3.05) is 18.0 Å². The molecule has 0 N–H and O–H groups in total. The molecule has 3 nitrogen and oxygen atoms in total. The molecule has 116 valence electrons. The van der Waals surface area contributed by atoms with Crippen molar-refractivity contribution in [3.8, 4) is 0 Å². The van der Waals surface area contributed by atoms with Gasteiger partial charge < -0.3 is 4.90 Å². The molecular weight excluding hydrogens is 284 g/mol. The molecule has 0 saturated heterocycles. The first-order valence-electron chi connectivity index (χ1n) is 8.00. The topological polar surface area (TPSA) is 29.0 Å². The molecule has 0 spiro atoms. The molecule has 1 aromatic carbocycles. The minimum atomic E-state index is -2.63. The van der Waals surface area contributed by atoms with Crippen molar-refractivity contribution in [2.24, 2.45) is 11.8 Å². The number of halogens is 2. The number of alkyl halides is 2. The third-order valence-corrected chi connectivity index (χ3v) is 4.45. The van der Waals surface area contributed by atoms with E-state index in [-0.39, 0.29) is 5.82 Å². The lowest BCUT2D eigenvalue weighted by atomic mass is 10.2. The molecule has 0 atom stereocenters. The summed E-state index contributed by atoms with van der Waals surface area (Å²) in [6, 6.07) is 7.48. The van der Waals surface area contributed by atoms with Crippen LogP contribution in [-0.2, 0) is 0 Å². The third kappa shape index (κ3) is 2.89. The largest absolute Gasteiger partial charge is 0.355 e. The lowest BCUT2D eigenvalue weighted by Gasteiger charge is -2.25. The van der Waals surface area contributed by atoms with Crippen molar-refractivity contribution >= 4 is 16.7 Å². The summed E-state index contributed by atoms with van der Waals surface area (Å²) in [7, 11) is 0. The van der Waals surface area contributed by atoms with Crippen LogP contribution >= 0.6 is 0 Å². The van der Waals surface area contributed by atoms with Crippen LogP contribution < -0.4 is 4.90 Å². The summed E-state index contributed by atoms with van der Waals surface area (Å²) in [6.45, 7) is 1.86. The highest BCUT2D eigenvalue weighted by Crippen LogP contribution is 2.37. The molecule has 0 amide bonds. The highest BCUT2D eigenvalue weighted by Gasteiger charge is 2.31. The van der Waals surface area contributed by atoms with Gasteiger partial charge in [-0.2, -0.15) is 0 Å². The van der Waals surface area contributed by atoms with Crippen LogP contribution in [0.3, 0.4) is 0 Å². The van der Waals surface area contributed by atoms with Crippen molar-refractivity contribution in [2.45, 2.75) is 32.1 Å². The molecule has 2 aliphatic rings. The highest BCUT2D eigenvalue weighted by molar-refractivity contribution is 5.89. The van der Waals surface area contributed by atoms with Crippen LogP contribution in [0.4, 0.5) is 14.6 Å². The van der Waals surface area contributed by atoms with Gasteiger partial charge in [0.25, 0.3) is 6.43 Å². The number of fused-ring (bicyclic) bond motifs is 1. The maximum atomic E-state index is 13.1. The zero-order valence-corrected chi connectivity index (χ0v) is 12.4. The summed E-state index contributed by atoms with van der Waals surface area (Å²) >= 11 is 0. The van der Waals surface area contributed by atoms with E-state index in [0.717, 1.165) is 18.5 Å². The Hall–Kier alpha value is -1.78. The number of hydrogen-bond donors (Lipinski definition) is 0. The number of para-hydroxylation sites is 1. The Kier molecular flexibility index (Phi) is 3.43. The Labute approximate surface area is 128 Å². The highest BCUT2D eigenvalue weighted by atomic mass is 19.3. The number of benzene rings is 1. The van der Waals surface area contributed by atoms with E-state index >= 15 is 0 Å². The van der Waals surface area contributed by atoms with E-state index in [1.54, 1.807) is 6.07 Å². The quantitative estimate of drug-likeness (QED) is 0.801. The van der Waals surface area contributed by atoms with Crippen LogP contribution in [0.25, 0.3) is 10.9 Å². The molecule has 2 fully saturated rings. The van der Waals surface area contributed by atoms with Crippen molar-refractivity contribution in [1.82, 2.24) is 9.97 Å². The van der Waals surface area contributed by atoms with E-state index in [9.17, 15) is 8.78 Å². The molecule has 4 rings (SSSR count). The third-order valence-electron chi connectivity index (χ3n) is 4.45. The molecule has 0 bridgehead atoms. The second kappa shape index (κ2) is 5.45. The van der Waals surface area contributed by atoms with Gasteiger partial charge in [0.15, 0.2) is 5.82 Å². The average molecular weight is 303 g/mol. The van der Waals surface area contributed by atoms with Crippen molar-refractivity contribution in [1.29, 1.82) is 0 Å². The Morgan fingerprint density at radius 2 is 1.64 bits per heavy atom. The fourth-order valence-corrected chi connectivity index (χ4v) is 2.89. The SMILES string of the molecule is FC(F)c1nc(N(CC2CC2)CC2CC2)c2ccccc2n1. The van der Waals surface area contributed by atoms with E-state index in [2.05, 4.69) is 14.9 Å². The Morgan fingerprint density at radius 3 is 2.23 bits per heavy atom. The molecule has 0 aliphatic heterocycles. The van der Waals surface area contributed by atoms with Gasteiger partial charge in [0, 0.05) is 18.5 Å². The van der Waals surface area contributed by atoms with Gasteiger partial charge in [0.1, 0.15) is 5.82 Å². The fourth-order valence-electron chi connectivity index (χ4n) is 2.89. The van der Waals surface area contributed by atoms with E-state index in [1.165, 1.54) is 25.7 Å². The normalized spacial score (nSPS) is 18.1. The summed E-state index contributed by atoms with van der Waals surface area (Å²) in [5.74, 6) is 1.73. The Morgan fingerprint density at radius 1 is 1.00 bits per heavy atom. The number of rotatable bonds is 6. The first-order valence-corrected chi connectivity index (χ1v) is 8.00.